The van der Waals surface area contributed by atoms with Crippen molar-refractivity contribution in [2.75, 3.05) is 39.6 Å². The van der Waals surface area contributed by atoms with Crippen molar-refractivity contribution in [2.24, 2.45) is 45.3 Å². The minimum absolute atomic E-state index is 0.0378. The second kappa shape index (κ2) is 9.66. The first-order valence-electron chi connectivity index (χ1n) is 13.0. The Morgan fingerprint density at radius 3 is 1.26 bits per heavy atom. The maximum Gasteiger partial charge on any atom is 0.503 e. The average molecular weight is 598 g/mol. The summed E-state index contributed by atoms with van der Waals surface area (Å²) < 4.78 is 59.4. The number of carboxylic acid groups (broad SMARTS) is 4. The smallest absolute Gasteiger partial charge is 0.450 e. The summed E-state index contributed by atoms with van der Waals surface area (Å²) in [6.45, 7) is 7.03. The molecule has 0 amide bonds. The van der Waals surface area contributed by atoms with Gasteiger partial charge in [-0.3, -0.25) is 27.1 Å². The lowest BCUT2D eigenvalue weighted by molar-refractivity contribution is -0.288. The van der Waals surface area contributed by atoms with Crippen molar-refractivity contribution in [1.82, 2.24) is 0 Å². The molecule has 6 aliphatic heterocycles. The number of phosphoric acid groups is 2. The zero-order chi connectivity index (χ0) is 28.5. The highest BCUT2D eigenvalue weighted by atomic mass is 31.2. The first-order chi connectivity index (χ1) is 18.1. The summed E-state index contributed by atoms with van der Waals surface area (Å²) in [6, 6.07) is 0. The second-order valence-corrected chi connectivity index (χ2v) is 16.0. The van der Waals surface area contributed by atoms with E-state index in [1.165, 1.54) is 32.1 Å². The molecule has 8 bridgehead atoms. The van der Waals surface area contributed by atoms with Gasteiger partial charge in [0.05, 0.1) is 39.6 Å². The van der Waals surface area contributed by atoms with Gasteiger partial charge < -0.3 is 20.4 Å². The number of carbonyl (C=O) groups is 2. The van der Waals surface area contributed by atoms with Gasteiger partial charge >= 0.3 is 28.0 Å². The molecule has 0 radical (unpaired) electrons. The van der Waals surface area contributed by atoms with E-state index >= 15 is 0 Å². The Hall–Kier alpha value is -1.24. The summed E-state index contributed by atoms with van der Waals surface area (Å²) in [4.78, 5) is 17.1. The Morgan fingerprint density at radius 1 is 0.667 bits per heavy atom. The number of fused-ring (bicyclic) bond motifs is 6. The molecule has 0 aromatic heterocycles. The van der Waals surface area contributed by atoms with Gasteiger partial charge in [-0.25, -0.2) is 18.7 Å². The number of hydrogen-bond donors (Lipinski definition) is 4. The Labute approximate surface area is 225 Å². The van der Waals surface area contributed by atoms with E-state index in [9.17, 15) is 9.13 Å². The van der Waals surface area contributed by atoms with Crippen molar-refractivity contribution in [3.8, 4) is 0 Å². The van der Waals surface area contributed by atoms with Crippen LogP contribution in [0.3, 0.4) is 0 Å². The highest BCUT2D eigenvalue weighted by Crippen LogP contribution is 2.78. The van der Waals surface area contributed by atoms with Crippen LogP contribution < -0.4 is 0 Å². The molecule has 222 valence electrons. The predicted octanol–water partition coefficient (Wildman–Crippen LogP) is 5.24. The van der Waals surface area contributed by atoms with Crippen molar-refractivity contribution in [2.45, 2.75) is 46.0 Å². The van der Waals surface area contributed by atoms with Gasteiger partial charge in [-0.05, 0) is 66.6 Å². The Balaban J connectivity index is 0.000000344. The van der Waals surface area contributed by atoms with Gasteiger partial charge in [0.25, 0.3) is 0 Å². The van der Waals surface area contributed by atoms with Gasteiger partial charge in [0.15, 0.2) is 0 Å². The van der Waals surface area contributed by atoms with E-state index in [4.69, 9.17) is 57.2 Å². The lowest BCUT2D eigenvalue weighted by Crippen LogP contribution is -2.71. The third kappa shape index (κ3) is 4.84. The van der Waals surface area contributed by atoms with Crippen molar-refractivity contribution >= 4 is 28.0 Å². The molecule has 3 unspecified atom stereocenters. The molecule has 10 rings (SSSR count). The van der Waals surface area contributed by atoms with Crippen LogP contribution in [-0.2, 0) is 36.3 Å². The predicted molar refractivity (Wildman–Crippen MR) is 130 cm³/mol. The molecule has 6 saturated heterocycles. The SMILES string of the molecule is CC12CC3CC(CC(C3)C1(C)C(C13COP(=O)(OC1)OC3)C13COP(=O)(OC1)OC3)C2.O=C(O)O.O=C(O)O. The number of phosphoric ester groups is 2. The van der Waals surface area contributed by atoms with E-state index in [-0.39, 0.29) is 16.7 Å². The summed E-state index contributed by atoms with van der Waals surface area (Å²) in [5, 5.41) is 27.9. The van der Waals surface area contributed by atoms with E-state index in [2.05, 4.69) is 13.8 Å². The van der Waals surface area contributed by atoms with E-state index in [1.54, 1.807) is 0 Å². The average Bonchev–Trinajstić information content (AvgIpc) is 2.84. The van der Waals surface area contributed by atoms with Crippen LogP contribution in [0, 0.1) is 45.3 Å². The molecule has 3 atom stereocenters. The summed E-state index contributed by atoms with van der Waals surface area (Å²) in [5.74, 6) is 2.26. The highest BCUT2D eigenvalue weighted by Gasteiger charge is 2.74. The van der Waals surface area contributed by atoms with Gasteiger partial charge in [-0.15, -0.1) is 0 Å². The number of rotatable bonds is 3. The van der Waals surface area contributed by atoms with Crippen molar-refractivity contribution in [3.63, 3.8) is 0 Å². The van der Waals surface area contributed by atoms with Crippen LogP contribution in [0.25, 0.3) is 0 Å². The van der Waals surface area contributed by atoms with Crippen LogP contribution in [0.15, 0.2) is 0 Å². The summed E-state index contributed by atoms with van der Waals surface area (Å²) in [5.41, 5.74) is -0.793. The molecule has 0 aromatic rings. The van der Waals surface area contributed by atoms with Gasteiger partial charge in [0.1, 0.15) is 0 Å². The molecule has 0 aromatic carbocycles. The van der Waals surface area contributed by atoms with Gasteiger partial charge in [0.2, 0.25) is 0 Å². The Kier molecular flexibility index (Phi) is 7.25. The van der Waals surface area contributed by atoms with Crippen LogP contribution >= 0.6 is 15.6 Å². The molecule has 4 aliphatic carbocycles. The van der Waals surface area contributed by atoms with E-state index in [0.29, 0.717) is 45.6 Å². The maximum absolute atomic E-state index is 12.6. The van der Waals surface area contributed by atoms with Crippen LogP contribution in [0.5, 0.6) is 0 Å². The lowest BCUT2D eigenvalue weighted by Gasteiger charge is -2.73. The fourth-order valence-corrected chi connectivity index (χ4v) is 12.3. The molecule has 16 heteroatoms. The molecule has 4 saturated carbocycles. The highest BCUT2D eigenvalue weighted by molar-refractivity contribution is 7.48. The first-order valence-corrected chi connectivity index (χ1v) is 15.9. The molecule has 4 N–H and O–H groups in total. The zero-order valence-electron chi connectivity index (χ0n) is 21.9. The maximum atomic E-state index is 12.6. The van der Waals surface area contributed by atoms with Crippen molar-refractivity contribution < 1.29 is 66.3 Å². The molecular formula is C23H36O14P2. The lowest BCUT2D eigenvalue weighted by atomic mass is 9.33. The molecule has 0 spiro atoms. The van der Waals surface area contributed by atoms with Gasteiger partial charge in [-0.2, -0.15) is 0 Å². The van der Waals surface area contributed by atoms with E-state index in [0.717, 1.165) is 11.8 Å². The van der Waals surface area contributed by atoms with Gasteiger partial charge in [-0.1, -0.05) is 13.8 Å². The quantitative estimate of drug-likeness (QED) is 0.307. The Morgan fingerprint density at radius 2 is 0.974 bits per heavy atom. The minimum Gasteiger partial charge on any atom is -0.450 e. The van der Waals surface area contributed by atoms with Crippen molar-refractivity contribution in [3.05, 3.63) is 0 Å². The normalized spacial score (nSPS) is 51.2. The molecule has 6 heterocycles. The third-order valence-electron chi connectivity index (χ3n) is 10.4. The van der Waals surface area contributed by atoms with E-state index in [1.807, 2.05) is 0 Å². The molecule has 10 fully saturated rings. The minimum atomic E-state index is -3.43. The monoisotopic (exact) mass is 598 g/mol. The summed E-state index contributed by atoms with van der Waals surface area (Å²) in [6.07, 6.45) is 2.70. The van der Waals surface area contributed by atoms with Crippen LogP contribution in [-0.4, -0.2) is 72.4 Å². The fourth-order valence-electron chi connectivity index (χ4n) is 9.40. The molecular weight excluding hydrogens is 562 g/mol. The molecule has 14 nitrogen and oxygen atoms in total. The first kappa shape index (κ1) is 29.3. The number of hydrogen-bond acceptors (Lipinski definition) is 10. The van der Waals surface area contributed by atoms with E-state index < -0.39 is 38.8 Å². The van der Waals surface area contributed by atoms with Gasteiger partial charge in [0, 0.05) is 10.8 Å². The Bertz CT molecular complexity index is 968. The van der Waals surface area contributed by atoms with Crippen molar-refractivity contribution in [1.29, 1.82) is 0 Å². The topological polar surface area (TPSA) is 205 Å². The van der Waals surface area contributed by atoms with Crippen LogP contribution in [0.4, 0.5) is 9.59 Å². The summed E-state index contributed by atoms with van der Waals surface area (Å²) >= 11 is 0. The van der Waals surface area contributed by atoms with Crippen LogP contribution in [0.1, 0.15) is 46.0 Å². The largest absolute Gasteiger partial charge is 0.503 e. The fraction of sp³-hybridized carbons (Fsp3) is 0.913. The second-order valence-electron chi connectivity index (χ2n) is 12.6. The summed E-state index contributed by atoms with van der Waals surface area (Å²) in [7, 11) is -6.85. The molecule has 39 heavy (non-hydrogen) atoms. The standard InChI is InChI=1S/C21H32O8P2.2CH2O3/c1-18-6-14-3-15(7-18)5-16(4-14)19(18,2)17(20-8-24-30(22,25-9-20)26-10-20)21-11-27-31(23,28-12-21)29-13-21;2*2-1(3)4/h14-17H,3-13H2,1-2H3;2*(H2,2,3,4). The third-order valence-corrected chi connectivity index (χ3v) is 13.1. The zero-order valence-corrected chi connectivity index (χ0v) is 23.6. The molecule has 10 aliphatic rings. The van der Waals surface area contributed by atoms with Crippen LogP contribution in [0.2, 0.25) is 0 Å².